The summed E-state index contributed by atoms with van der Waals surface area (Å²) in [6.07, 6.45) is -2.78. The van der Waals surface area contributed by atoms with E-state index in [-0.39, 0.29) is 0 Å². The quantitative estimate of drug-likeness (QED) is 0.686. The topological polar surface area (TPSA) is 17.1 Å². The number of alkyl halides is 3. The number of hydrogen-bond acceptors (Lipinski definition) is 1. The van der Waals surface area contributed by atoms with Gasteiger partial charge in [0.25, 0.3) is 0 Å². The van der Waals surface area contributed by atoms with Crippen LogP contribution in [0.2, 0.25) is 0 Å². The second-order valence-electron chi connectivity index (χ2n) is 4.57. The lowest BCUT2D eigenvalue weighted by atomic mass is 10.1. The van der Waals surface area contributed by atoms with Crippen molar-refractivity contribution in [3.63, 3.8) is 0 Å². The molecule has 22 heavy (non-hydrogen) atoms. The zero-order chi connectivity index (χ0) is 16.2. The first-order valence-corrected chi connectivity index (χ1v) is 8.49. The Morgan fingerprint density at radius 2 is 1.59 bits per heavy atom. The number of hydrogen-bond donors (Lipinski definition) is 0. The van der Waals surface area contributed by atoms with E-state index in [4.69, 9.17) is 0 Å². The molecule has 1 unspecified atom stereocenters. The predicted octanol–water partition coefficient (Wildman–Crippen LogP) is 5.39. The van der Waals surface area contributed by atoms with Crippen molar-refractivity contribution in [2.75, 3.05) is 0 Å². The maximum Gasteiger partial charge on any atom is 0.416 e. The molecule has 0 aliphatic carbocycles. The van der Waals surface area contributed by atoms with Crippen LogP contribution in [0.5, 0.6) is 0 Å². The second kappa shape index (κ2) is 7.24. The highest BCUT2D eigenvalue weighted by molar-refractivity contribution is 9.10. The Morgan fingerprint density at radius 1 is 1.00 bits per heavy atom. The van der Waals surface area contributed by atoms with Gasteiger partial charge >= 0.3 is 6.18 Å². The molecule has 2 rings (SSSR count). The van der Waals surface area contributed by atoms with E-state index in [1.54, 1.807) is 6.08 Å². The van der Waals surface area contributed by atoms with Crippen LogP contribution >= 0.6 is 15.9 Å². The van der Waals surface area contributed by atoms with Gasteiger partial charge < -0.3 is 0 Å². The molecule has 0 aliphatic heterocycles. The molecule has 0 N–H and O–H groups in total. The van der Waals surface area contributed by atoms with Crippen LogP contribution in [0.4, 0.5) is 13.2 Å². The van der Waals surface area contributed by atoms with E-state index in [1.807, 2.05) is 24.3 Å². The number of benzene rings is 2. The fraction of sp³-hybridized carbons (Fsp3) is 0.125. The van der Waals surface area contributed by atoms with Crippen molar-refractivity contribution < 1.29 is 17.4 Å². The molecule has 2 aromatic carbocycles. The summed E-state index contributed by atoms with van der Waals surface area (Å²) in [6.45, 7) is 0. The Labute approximate surface area is 137 Å². The first kappa shape index (κ1) is 17.0. The third-order valence-electron chi connectivity index (χ3n) is 2.87. The smallest absolute Gasteiger partial charge is 0.255 e. The van der Waals surface area contributed by atoms with Crippen LogP contribution in [-0.2, 0) is 22.7 Å². The molecule has 1 nitrogen and oxygen atoms in total. The molecule has 0 bridgehead atoms. The van der Waals surface area contributed by atoms with Crippen molar-refractivity contribution in [1.29, 1.82) is 0 Å². The third kappa shape index (κ3) is 5.10. The van der Waals surface area contributed by atoms with Crippen molar-refractivity contribution in [2.24, 2.45) is 0 Å². The van der Waals surface area contributed by atoms with Gasteiger partial charge in [0.15, 0.2) is 0 Å². The van der Waals surface area contributed by atoms with E-state index in [1.165, 1.54) is 17.5 Å². The molecule has 0 aliphatic rings. The van der Waals surface area contributed by atoms with Crippen molar-refractivity contribution >= 4 is 32.8 Å². The minimum Gasteiger partial charge on any atom is -0.255 e. The van der Waals surface area contributed by atoms with Crippen molar-refractivity contribution in [1.82, 2.24) is 0 Å². The minimum atomic E-state index is -4.34. The van der Waals surface area contributed by atoms with Gasteiger partial charge in [0.2, 0.25) is 0 Å². The minimum absolute atomic E-state index is 0.365. The summed E-state index contributed by atoms with van der Waals surface area (Å²) in [5, 5.41) is 1.49. The van der Waals surface area contributed by atoms with Crippen LogP contribution in [0.1, 0.15) is 16.7 Å². The van der Waals surface area contributed by atoms with Crippen LogP contribution in [0.25, 0.3) is 6.08 Å². The standard InChI is InChI=1S/C16H12BrF3OS/c17-15-7-3-13(4-8-15)11-22(21)10-9-12-1-5-14(6-2-12)16(18,19)20/h1-10H,11H2. The lowest BCUT2D eigenvalue weighted by Crippen LogP contribution is -2.03. The van der Waals surface area contributed by atoms with E-state index in [2.05, 4.69) is 15.9 Å². The van der Waals surface area contributed by atoms with Gasteiger partial charge in [-0.25, -0.2) is 0 Å². The molecule has 0 fully saturated rings. The molecule has 2 aromatic rings. The lowest BCUT2D eigenvalue weighted by molar-refractivity contribution is -0.137. The molecule has 116 valence electrons. The van der Waals surface area contributed by atoms with Crippen molar-refractivity contribution in [3.8, 4) is 0 Å². The summed E-state index contributed by atoms with van der Waals surface area (Å²) < 4.78 is 50.2. The Bertz CT molecular complexity index is 676. The Morgan fingerprint density at radius 3 is 2.14 bits per heavy atom. The van der Waals surface area contributed by atoms with Crippen LogP contribution in [0.3, 0.4) is 0 Å². The van der Waals surface area contributed by atoms with E-state index in [0.717, 1.165) is 22.2 Å². The zero-order valence-electron chi connectivity index (χ0n) is 11.3. The number of rotatable bonds is 4. The second-order valence-corrected chi connectivity index (χ2v) is 6.81. The molecule has 0 spiro atoms. The summed E-state index contributed by atoms with van der Waals surface area (Å²) >= 11 is 3.32. The monoisotopic (exact) mass is 388 g/mol. The highest BCUT2D eigenvalue weighted by Crippen LogP contribution is 2.29. The van der Waals surface area contributed by atoms with E-state index < -0.39 is 22.5 Å². The highest BCUT2D eigenvalue weighted by atomic mass is 79.9. The largest absolute Gasteiger partial charge is 0.416 e. The van der Waals surface area contributed by atoms with Gasteiger partial charge in [-0.15, -0.1) is 0 Å². The first-order chi connectivity index (χ1) is 10.3. The van der Waals surface area contributed by atoms with Gasteiger partial charge in [-0.3, -0.25) is 4.21 Å². The Hall–Kier alpha value is -1.40. The molecule has 0 aromatic heterocycles. The normalized spacial score (nSPS) is 13.5. The Balaban J connectivity index is 1.99. The average Bonchev–Trinajstić information content (AvgIpc) is 2.47. The van der Waals surface area contributed by atoms with Crippen molar-refractivity contribution in [2.45, 2.75) is 11.9 Å². The maximum atomic E-state index is 12.4. The summed E-state index contributed by atoms with van der Waals surface area (Å²) in [7, 11) is -1.22. The summed E-state index contributed by atoms with van der Waals surface area (Å²) in [4.78, 5) is 0. The number of halogens is 4. The summed E-state index contributed by atoms with van der Waals surface area (Å²) in [5.74, 6) is 0.365. The van der Waals surface area contributed by atoms with E-state index in [0.29, 0.717) is 11.3 Å². The molecule has 0 saturated carbocycles. The molecule has 1 atom stereocenters. The van der Waals surface area contributed by atoms with Crippen LogP contribution < -0.4 is 0 Å². The molecular weight excluding hydrogens is 377 g/mol. The van der Waals surface area contributed by atoms with Gasteiger partial charge in [0, 0.05) is 9.88 Å². The SMILES string of the molecule is O=S(C=Cc1ccc(C(F)(F)F)cc1)Cc1ccc(Br)cc1. The van der Waals surface area contributed by atoms with Gasteiger partial charge in [0.05, 0.1) is 22.1 Å². The maximum absolute atomic E-state index is 12.4. The summed E-state index contributed by atoms with van der Waals surface area (Å²) in [6, 6.07) is 12.2. The fourth-order valence-electron chi connectivity index (χ4n) is 1.73. The third-order valence-corrected chi connectivity index (χ3v) is 4.46. The predicted molar refractivity (Wildman–Crippen MR) is 86.5 cm³/mol. The first-order valence-electron chi connectivity index (χ1n) is 6.32. The highest BCUT2D eigenvalue weighted by Gasteiger charge is 2.29. The van der Waals surface area contributed by atoms with Crippen LogP contribution in [0.15, 0.2) is 58.4 Å². The lowest BCUT2D eigenvalue weighted by Gasteiger charge is -2.05. The molecule has 0 amide bonds. The van der Waals surface area contributed by atoms with Gasteiger partial charge in [-0.05, 0) is 41.5 Å². The van der Waals surface area contributed by atoms with Crippen molar-refractivity contribution in [3.05, 3.63) is 75.1 Å². The summed E-state index contributed by atoms with van der Waals surface area (Å²) in [5.41, 5.74) is 0.816. The average molecular weight is 389 g/mol. The molecule has 0 saturated heterocycles. The Kier molecular flexibility index (Phi) is 5.58. The van der Waals surface area contributed by atoms with Gasteiger partial charge in [-0.2, -0.15) is 13.2 Å². The molecule has 6 heteroatoms. The van der Waals surface area contributed by atoms with Crippen LogP contribution in [0, 0.1) is 0 Å². The fourth-order valence-corrected chi connectivity index (χ4v) is 2.92. The molecule has 0 heterocycles. The zero-order valence-corrected chi connectivity index (χ0v) is 13.7. The van der Waals surface area contributed by atoms with E-state index >= 15 is 0 Å². The van der Waals surface area contributed by atoms with Gasteiger partial charge in [0.1, 0.15) is 0 Å². The molecular formula is C16H12BrF3OS. The van der Waals surface area contributed by atoms with E-state index in [9.17, 15) is 17.4 Å². The van der Waals surface area contributed by atoms with Gasteiger partial charge in [-0.1, -0.05) is 40.2 Å². The molecule has 0 radical (unpaired) electrons. The van der Waals surface area contributed by atoms with Crippen LogP contribution in [-0.4, -0.2) is 4.21 Å².